The molecular weight excluding hydrogens is 280 g/mol. The second kappa shape index (κ2) is 5.08. The third kappa shape index (κ3) is 2.56. The fraction of sp³-hybridized carbons (Fsp3) is 0.750. The number of halogens is 1. The zero-order valence-electron chi connectivity index (χ0n) is 11.0. The molecule has 1 N–H and O–H groups in total. The van der Waals surface area contributed by atoms with Gasteiger partial charge in [-0.2, -0.15) is 5.10 Å². The van der Waals surface area contributed by atoms with Crippen LogP contribution in [0.25, 0.3) is 0 Å². The third-order valence-corrected chi connectivity index (χ3v) is 4.64. The Kier molecular flexibility index (Phi) is 3.90. The van der Waals surface area contributed by atoms with Crippen LogP contribution in [0.5, 0.6) is 0 Å². The highest BCUT2D eigenvalue weighted by molar-refractivity contribution is 9.10. The summed E-state index contributed by atoms with van der Waals surface area (Å²) >= 11 is 3.64. The first-order valence-electron chi connectivity index (χ1n) is 6.15. The summed E-state index contributed by atoms with van der Waals surface area (Å²) in [5, 5.41) is 7.91. The molecule has 2 atom stereocenters. The van der Waals surface area contributed by atoms with Gasteiger partial charge in [-0.3, -0.25) is 9.58 Å². The van der Waals surface area contributed by atoms with Crippen molar-refractivity contribution >= 4 is 15.9 Å². The number of aryl methyl sites for hydroxylation is 2. The molecule has 0 spiro atoms. The second-order valence-electron chi connectivity index (χ2n) is 5.00. The van der Waals surface area contributed by atoms with Crippen LogP contribution in [-0.4, -0.2) is 39.9 Å². The minimum Gasteiger partial charge on any atom is -0.314 e. The lowest BCUT2D eigenvalue weighted by molar-refractivity contribution is 0.105. The van der Waals surface area contributed by atoms with E-state index in [1.807, 2.05) is 18.7 Å². The minimum atomic E-state index is 0.570. The van der Waals surface area contributed by atoms with Crippen LogP contribution in [0.4, 0.5) is 0 Å². The van der Waals surface area contributed by atoms with Gasteiger partial charge in [0.25, 0.3) is 0 Å². The van der Waals surface area contributed by atoms with Crippen LogP contribution in [0.15, 0.2) is 4.47 Å². The molecule has 2 unspecified atom stereocenters. The number of hydrogen-bond acceptors (Lipinski definition) is 3. The summed E-state index contributed by atoms with van der Waals surface area (Å²) in [5.74, 6) is 0. The molecule has 1 fully saturated rings. The molecule has 2 heterocycles. The number of aromatic nitrogens is 2. The van der Waals surface area contributed by atoms with E-state index < -0.39 is 0 Å². The van der Waals surface area contributed by atoms with Crippen molar-refractivity contribution in [2.75, 3.05) is 13.1 Å². The van der Waals surface area contributed by atoms with Crippen LogP contribution >= 0.6 is 15.9 Å². The van der Waals surface area contributed by atoms with E-state index in [2.05, 4.69) is 45.1 Å². The zero-order chi connectivity index (χ0) is 12.6. The van der Waals surface area contributed by atoms with Crippen molar-refractivity contribution in [3.63, 3.8) is 0 Å². The van der Waals surface area contributed by atoms with Crippen LogP contribution in [0, 0.1) is 6.92 Å². The van der Waals surface area contributed by atoms with Gasteiger partial charge in [0.2, 0.25) is 0 Å². The lowest BCUT2D eigenvalue weighted by Gasteiger charge is -2.39. The molecule has 0 aliphatic carbocycles. The number of piperazine rings is 1. The van der Waals surface area contributed by atoms with Gasteiger partial charge in [0.15, 0.2) is 0 Å². The van der Waals surface area contributed by atoms with Crippen LogP contribution in [0.3, 0.4) is 0 Å². The predicted octanol–water partition coefficient (Wildman–Crippen LogP) is 1.67. The highest BCUT2D eigenvalue weighted by atomic mass is 79.9. The van der Waals surface area contributed by atoms with E-state index in [1.165, 1.54) is 5.69 Å². The quantitative estimate of drug-likeness (QED) is 0.902. The van der Waals surface area contributed by atoms with Gasteiger partial charge in [0.05, 0.1) is 15.9 Å². The molecule has 1 saturated heterocycles. The lowest BCUT2D eigenvalue weighted by Crippen LogP contribution is -2.54. The SMILES string of the molecule is Cc1nn(C)c(CN2C(C)CNCC2C)c1Br. The van der Waals surface area contributed by atoms with E-state index in [4.69, 9.17) is 0 Å². The molecular formula is C12H21BrN4. The van der Waals surface area contributed by atoms with Crippen molar-refractivity contribution in [1.82, 2.24) is 20.0 Å². The van der Waals surface area contributed by atoms with E-state index >= 15 is 0 Å². The first kappa shape index (κ1) is 13.1. The first-order chi connectivity index (χ1) is 8.00. The van der Waals surface area contributed by atoms with Gasteiger partial charge in [-0.1, -0.05) is 0 Å². The molecule has 1 aliphatic heterocycles. The van der Waals surface area contributed by atoms with E-state index in [0.29, 0.717) is 12.1 Å². The highest BCUT2D eigenvalue weighted by Crippen LogP contribution is 2.23. The molecule has 0 radical (unpaired) electrons. The second-order valence-corrected chi connectivity index (χ2v) is 5.79. The molecule has 1 aliphatic rings. The van der Waals surface area contributed by atoms with Gasteiger partial charge in [-0.05, 0) is 36.7 Å². The fourth-order valence-electron chi connectivity index (χ4n) is 2.51. The number of nitrogens with zero attached hydrogens (tertiary/aromatic N) is 3. The lowest BCUT2D eigenvalue weighted by atomic mass is 10.1. The molecule has 4 nitrogen and oxygen atoms in total. The third-order valence-electron chi connectivity index (χ3n) is 3.61. The predicted molar refractivity (Wildman–Crippen MR) is 73.0 cm³/mol. The van der Waals surface area contributed by atoms with E-state index in [0.717, 1.165) is 29.8 Å². The van der Waals surface area contributed by atoms with Crippen molar-refractivity contribution in [3.8, 4) is 0 Å². The van der Waals surface area contributed by atoms with Crippen molar-refractivity contribution in [1.29, 1.82) is 0 Å². The summed E-state index contributed by atoms with van der Waals surface area (Å²) in [5.41, 5.74) is 2.33. The highest BCUT2D eigenvalue weighted by Gasteiger charge is 2.26. The average Bonchev–Trinajstić information content (AvgIpc) is 2.49. The summed E-state index contributed by atoms with van der Waals surface area (Å²) in [6.45, 7) is 9.69. The summed E-state index contributed by atoms with van der Waals surface area (Å²) in [6, 6.07) is 1.14. The van der Waals surface area contributed by atoms with Crippen molar-refractivity contribution in [2.45, 2.75) is 39.4 Å². The summed E-state index contributed by atoms with van der Waals surface area (Å²) in [6.07, 6.45) is 0. The van der Waals surface area contributed by atoms with Crippen LogP contribution in [0.2, 0.25) is 0 Å². The van der Waals surface area contributed by atoms with Crippen LogP contribution in [0.1, 0.15) is 25.2 Å². The molecule has 1 aromatic heterocycles. The Morgan fingerprint density at radius 2 is 1.94 bits per heavy atom. The Labute approximate surface area is 111 Å². The zero-order valence-corrected chi connectivity index (χ0v) is 12.6. The average molecular weight is 301 g/mol. The van der Waals surface area contributed by atoms with Crippen LogP contribution < -0.4 is 5.32 Å². The topological polar surface area (TPSA) is 33.1 Å². The molecule has 1 aromatic rings. The number of hydrogen-bond donors (Lipinski definition) is 1. The fourth-order valence-corrected chi connectivity index (χ4v) is 2.97. The maximum absolute atomic E-state index is 4.45. The van der Waals surface area contributed by atoms with Gasteiger partial charge < -0.3 is 5.32 Å². The molecule has 0 bridgehead atoms. The molecule has 96 valence electrons. The van der Waals surface area contributed by atoms with Gasteiger partial charge in [0.1, 0.15) is 0 Å². The Balaban J connectivity index is 2.19. The molecule has 2 rings (SSSR count). The Morgan fingerprint density at radius 1 is 1.35 bits per heavy atom. The molecule has 0 amide bonds. The van der Waals surface area contributed by atoms with Gasteiger partial charge in [-0.25, -0.2) is 0 Å². The maximum atomic E-state index is 4.45. The smallest absolute Gasteiger partial charge is 0.0739 e. The monoisotopic (exact) mass is 300 g/mol. The normalized spacial score (nSPS) is 26.4. The van der Waals surface area contributed by atoms with Crippen LogP contribution in [-0.2, 0) is 13.6 Å². The van der Waals surface area contributed by atoms with E-state index in [9.17, 15) is 0 Å². The Bertz CT molecular complexity index is 391. The maximum Gasteiger partial charge on any atom is 0.0739 e. The van der Waals surface area contributed by atoms with E-state index in [-0.39, 0.29) is 0 Å². The number of nitrogens with one attached hydrogen (secondary N) is 1. The molecule has 0 saturated carbocycles. The van der Waals surface area contributed by atoms with E-state index in [1.54, 1.807) is 0 Å². The standard InChI is InChI=1S/C12H21BrN4/c1-8-5-14-6-9(2)17(8)7-11-12(13)10(3)15-16(11)4/h8-9,14H,5-7H2,1-4H3. The van der Waals surface area contributed by atoms with Gasteiger partial charge in [0, 0.05) is 38.8 Å². The van der Waals surface area contributed by atoms with Gasteiger partial charge in [-0.15, -0.1) is 0 Å². The molecule has 0 aromatic carbocycles. The summed E-state index contributed by atoms with van der Waals surface area (Å²) in [4.78, 5) is 2.54. The number of rotatable bonds is 2. The minimum absolute atomic E-state index is 0.570. The summed E-state index contributed by atoms with van der Waals surface area (Å²) in [7, 11) is 2.02. The van der Waals surface area contributed by atoms with Crippen molar-refractivity contribution < 1.29 is 0 Å². The van der Waals surface area contributed by atoms with Crippen molar-refractivity contribution in [2.24, 2.45) is 7.05 Å². The summed E-state index contributed by atoms with van der Waals surface area (Å²) < 4.78 is 3.14. The Morgan fingerprint density at radius 3 is 2.41 bits per heavy atom. The molecule has 17 heavy (non-hydrogen) atoms. The first-order valence-corrected chi connectivity index (χ1v) is 6.94. The molecule has 5 heteroatoms. The largest absolute Gasteiger partial charge is 0.314 e. The Hall–Kier alpha value is -0.390. The van der Waals surface area contributed by atoms with Crippen molar-refractivity contribution in [3.05, 3.63) is 15.9 Å². The van der Waals surface area contributed by atoms with Gasteiger partial charge >= 0.3 is 0 Å².